The smallest absolute Gasteiger partial charge is 0.234 e. The van der Waals surface area contributed by atoms with Crippen LogP contribution in [-0.2, 0) is 27.7 Å². The summed E-state index contributed by atoms with van der Waals surface area (Å²) in [7, 11) is -3.25. The summed E-state index contributed by atoms with van der Waals surface area (Å²) in [5.41, 5.74) is 1.91. The van der Waals surface area contributed by atoms with Crippen LogP contribution in [0, 0.1) is 5.92 Å². The van der Waals surface area contributed by atoms with Crippen LogP contribution in [0.1, 0.15) is 30.5 Å². The lowest BCUT2D eigenvalue weighted by Crippen LogP contribution is -2.43. The molecule has 2 heterocycles. The van der Waals surface area contributed by atoms with Gasteiger partial charge in [0.25, 0.3) is 0 Å². The van der Waals surface area contributed by atoms with Crippen molar-refractivity contribution in [2.45, 2.75) is 32.1 Å². The first-order chi connectivity index (χ1) is 9.95. The van der Waals surface area contributed by atoms with Gasteiger partial charge >= 0.3 is 0 Å². The van der Waals surface area contributed by atoms with Crippen molar-refractivity contribution in [2.75, 3.05) is 24.7 Å². The average molecular weight is 313 g/mol. The Morgan fingerprint density at radius 1 is 1.38 bits per heavy atom. The maximum absolute atomic E-state index is 12.3. The summed E-state index contributed by atoms with van der Waals surface area (Å²) in [6, 6.07) is 0. The zero-order chi connectivity index (χ0) is 15.0. The van der Waals surface area contributed by atoms with Gasteiger partial charge in [0.05, 0.1) is 17.9 Å². The van der Waals surface area contributed by atoms with E-state index in [0.717, 1.165) is 30.5 Å². The van der Waals surface area contributed by atoms with Gasteiger partial charge < -0.3 is 4.52 Å². The second kappa shape index (κ2) is 5.42. The Hall–Kier alpha value is -1.41. The highest BCUT2D eigenvalue weighted by molar-refractivity contribution is 7.88. The molecule has 0 spiro atoms. The monoisotopic (exact) mass is 313 g/mol. The number of amides is 1. The largest absolute Gasteiger partial charge is 0.338 e. The summed E-state index contributed by atoms with van der Waals surface area (Å²) in [4.78, 5) is 12.3. The number of hydrogen-bond acceptors (Lipinski definition) is 5. The third-order valence-electron chi connectivity index (χ3n) is 4.17. The van der Waals surface area contributed by atoms with E-state index in [2.05, 4.69) is 10.5 Å². The zero-order valence-corrected chi connectivity index (χ0v) is 12.8. The molecular formula is C13H19N3O4S. The molecule has 0 bridgehead atoms. The molecule has 1 amide bonds. The number of aromatic nitrogens is 1. The molecule has 21 heavy (non-hydrogen) atoms. The van der Waals surface area contributed by atoms with Crippen molar-refractivity contribution >= 4 is 21.8 Å². The standard InChI is InChI=1S/C13H19N3O4S/c1-21(18,19)16-7-3-4-9(8-16)12(17)14-13-10-5-2-6-11(10)15-20-13/h9H,2-8H2,1H3,(H,14,17). The van der Waals surface area contributed by atoms with Gasteiger partial charge in [-0.25, -0.2) is 12.7 Å². The molecule has 1 aromatic rings. The van der Waals surface area contributed by atoms with Gasteiger partial charge in [0.15, 0.2) is 0 Å². The van der Waals surface area contributed by atoms with Crippen LogP contribution in [0.3, 0.4) is 0 Å². The fraction of sp³-hybridized carbons (Fsp3) is 0.692. The van der Waals surface area contributed by atoms with Crippen LogP contribution >= 0.6 is 0 Å². The summed E-state index contributed by atoms with van der Waals surface area (Å²) in [5, 5.41) is 6.73. The van der Waals surface area contributed by atoms with E-state index in [-0.39, 0.29) is 18.4 Å². The van der Waals surface area contributed by atoms with Crippen molar-refractivity contribution in [1.82, 2.24) is 9.46 Å². The molecule has 0 aromatic carbocycles. The molecule has 0 radical (unpaired) electrons. The maximum Gasteiger partial charge on any atom is 0.234 e. The van der Waals surface area contributed by atoms with E-state index in [4.69, 9.17) is 4.52 Å². The predicted molar refractivity (Wildman–Crippen MR) is 76.3 cm³/mol. The molecule has 1 N–H and O–H groups in total. The van der Waals surface area contributed by atoms with E-state index in [9.17, 15) is 13.2 Å². The van der Waals surface area contributed by atoms with Gasteiger partial charge in [-0.15, -0.1) is 0 Å². The van der Waals surface area contributed by atoms with Gasteiger partial charge in [0, 0.05) is 18.7 Å². The molecule has 1 fully saturated rings. The maximum atomic E-state index is 12.3. The first-order valence-electron chi connectivity index (χ1n) is 7.18. The minimum atomic E-state index is -3.25. The number of piperidine rings is 1. The number of aryl methyl sites for hydroxylation is 1. The van der Waals surface area contributed by atoms with E-state index in [1.165, 1.54) is 10.6 Å². The second-order valence-electron chi connectivity index (χ2n) is 5.74. The van der Waals surface area contributed by atoms with Crippen LogP contribution in [0.15, 0.2) is 4.52 Å². The third kappa shape index (κ3) is 2.96. The van der Waals surface area contributed by atoms with Crippen molar-refractivity contribution < 1.29 is 17.7 Å². The highest BCUT2D eigenvalue weighted by Crippen LogP contribution is 2.29. The molecule has 1 aromatic heterocycles. The van der Waals surface area contributed by atoms with E-state index in [0.29, 0.717) is 25.3 Å². The number of carbonyl (C=O) groups is 1. The molecule has 1 saturated heterocycles. The van der Waals surface area contributed by atoms with Gasteiger partial charge in [-0.05, 0) is 32.1 Å². The van der Waals surface area contributed by atoms with Crippen LogP contribution in [0.5, 0.6) is 0 Å². The van der Waals surface area contributed by atoms with Crippen LogP contribution < -0.4 is 5.32 Å². The predicted octanol–water partition coefficient (Wildman–Crippen LogP) is 0.773. The van der Waals surface area contributed by atoms with E-state index in [1.807, 2.05) is 0 Å². The lowest BCUT2D eigenvalue weighted by atomic mass is 9.99. The minimum absolute atomic E-state index is 0.186. The Kier molecular flexibility index (Phi) is 3.75. The molecule has 1 unspecified atom stereocenters. The summed E-state index contributed by atoms with van der Waals surface area (Å²) in [6.07, 6.45) is 5.35. The van der Waals surface area contributed by atoms with Crippen LogP contribution in [-0.4, -0.2) is 43.1 Å². The lowest BCUT2D eigenvalue weighted by molar-refractivity contribution is -0.121. The molecule has 0 saturated carbocycles. The van der Waals surface area contributed by atoms with Crippen molar-refractivity contribution in [1.29, 1.82) is 0 Å². The lowest BCUT2D eigenvalue weighted by Gasteiger charge is -2.29. The molecule has 116 valence electrons. The quantitative estimate of drug-likeness (QED) is 0.890. The van der Waals surface area contributed by atoms with Crippen LogP contribution in [0.25, 0.3) is 0 Å². The normalized spacial score (nSPS) is 23.0. The Bertz CT molecular complexity index is 652. The van der Waals surface area contributed by atoms with Gasteiger partial charge in [-0.1, -0.05) is 5.16 Å². The molecule has 1 atom stereocenters. The fourth-order valence-electron chi connectivity index (χ4n) is 3.00. The number of rotatable bonds is 3. The third-order valence-corrected chi connectivity index (χ3v) is 5.44. The minimum Gasteiger partial charge on any atom is -0.338 e. The molecule has 1 aliphatic carbocycles. The van der Waals surface area contributed by atoms with Gasteiger partial charge in [-0.3, -0.25) is 10.1 Å². The van der Waals surface area contributed by atoms with Gasteiger partial charge in [0.2, 0.25) is 21.8 Å². The summed E-state index contributed by atoms with van der Waals surface area (Å²) >= 11 is 0. The van der Waals surface area contributed by atoms with Crippen LogP contribution in [0.4, 0.5) is 5.88 Å². The molecule has 1 aliphatic heterocycles. The van der Waals surface area contributed by atoms with Gasteiger partial charge in [-0.2, -0.15) is 0 Å². The highest BCUT2D eigenvalue weighted by atomic mass is 32.2. The number of carbonyl (C=O) groups excluding carboxylic acids is 1. The Morgan fingerprint density at radius 2 is 2.19 bits per heavy atom. The fourth-order valence-corrected chi connectivity index (χ4v) is 3.91. The van der Waals surface area contributed by atoms with Crippen molar-refractivity contribution in [2.24, 2.45) is 5.92 Å². The van der Waals surface area contributed by atoms with Crippen molar-refractivity contribution in [3.63, 3.8) is 0 Å². The Morgan fingerprint density at radius 3 is 2.95 bits per heavy atom. The Balaban J connectivity index is 1.68. The van der Waals surface area contributed by atoms with Crippen molar-refractivity contribution in [3.05, 3.63) is 11.3 Å². The molecule has 8 heteroatoms. The number of nitrogens with one attached hydrogen (secondary N) is 1. The molecule has 2 aliphatic rings. The number of hydrogen-bond donors (Lipinski definition) is 1. The number of fused-ring (bicyclic) bond motifs is 1. The van der Waals surface area contributed by atoms with Crippen LogP contribution in [0.2, 0.25) is 0 Å². The van der Waals surface area contributed by atoms with Crippen molar-refractivity contribution in [3.8, 4) is 0 Å². The first-order valence-corrected chi connectivity index (χ1v) is 9.03. The molecule has 7 nitrogen and oxygen atoms in total. The SMILES string of the molecule is CS(=O)(=O)N1CCCC(C(=O)Nc2onc3c2CCC3)C1. The topological polar surface area (TPSA) is 92.5 Å². The van der Waals surface area contributed by atoms with E-state index in [1.54, 1.807) is 0 Å². The van der Waals surface area contributed by atoms with E-state index < -0.39 is 10.0 Å². The summed E-state index contributed by atoms with van der Waals surface area (Å²) < 4.78 is 29.7. The number of nitrogens with zero attached hydrogens (tertiary/aromatic N) is 2. The Labute approximate surface area is 123 Å². The highest BCUT2D eigenvalue weighted by Gasteiger charge is 2.31. The first kappa shape index (κ1) is 14.5. The summed E-state index contributed by atoms with van der Waals surface area (Å²) in [6.45, 7) is 0.724. The number of sulfonamides is 1. The second-order valence-corrected chi connectivity index (χ2v) is 7.72. The molecular weight excluding hydrogens is 294 g/mol. The van der Waals surface area contributed by atoms with E-state index >= 15 is 0 Å². The summed E-state index contributed by atoms with van der Waals surface area (Å²) in [5.74, 6) is -0.0891. The number of anilines is 1. The average Bonchev–Trinajstić information content (AvgIpc) is 3.03. The van der Waals surface area contributed by atoms with Gasteiger partial charge in [0.1, 0.15) is 0 Å². The zero-order valence-electron chi connectivity index (χ0n) is 12.0. The molecule has 3 rings (SSSR count).